The second-order valence-corrected chi connectivity index (χ2v) is 1.79. The Labute approximate surface area is 71.4 Å². The third-order valence-electron chi connectivity index (χ3n) is 1.26. The first-order chi connectivity index (χ1) is 4.38. The highest BCUT2D eigenvalue weighted by atomic mass is 79.9. The van der Waals surface area contributed by atoms with E-state index in [0.717, 1.165) is 12.2 Å². The highest BCUT2D eigenvalue weighted by molar-refractivity contribution is 8.93. The van der Waals surface area contributed by atoms with Gasteiger partial charge in [-0.05, 0) is 0 Å². The van der Waals surface area contributed by atoms with Crippen molar-refractivity contribution in [3.05, 3.63) is 24.8 Å². The van der Waals surface area contributed by atoms with Crippen molar-refractivity contribution in [1.82, 2.24) is 9.55 Å². The standard InChI is InChI=1S/C7H10N2.BrH/c1-3-7-8-5-6-9(7)4-2;/h4-6H,2-3H2,1H3;1H. The number of imidazole rings is 1. The van der Waals surface area contributed by atoms with E-state index >= 15 is 0 Å². The van der Waals surface area contributed by atoms with Gasteiger partial charge in [-0.25, -0.2) is 4.98 Å². The van der Waals surface area contributed by atoms with Crippen LogP contribution in [-0.4, -0.2) is 9.55 Å². The maximum absolute atomic E-state index is 4.10. The van der Waals surface area contributed by atoms with E-state index in [1.807, 2.05) is 10.8 Å². The van der Waals surface area contributed by atoms with Gasteiger partial charge in [0.25, 0.3) is 0 Å². The molecular weight excluding hydrogens is 192 g/mol. The summed E-state index contributed by atoms with van der Waals surface area (Å²) < 4.78 is 1.92. The second kappa shape index (κ2) is 4.28. The molecule has 0 aliphatic carbocycles. The van der Waals surface area contributed by atoms with Gasteiger partial charge >= 0.3 is 0 Å². The highest BCUT2D eigenvalue weighted by Crippen LogP contribution is 1.96. The van der Waals surface area contributed by atoms with Gasteiger partial charge in [0, 0.05) is 25.0 Å². The molecule has 0 aromatic carbocycles. The maximum atomic E-state index is 4.10. The zero-order valence-corrected chi connectivity index (χ0v) is 7.66. The largest absolute Gasteiger partial charge is 0.311 e. The van der Waals surface area contributed by atoms with Crippen molar-refractivity contribution in [2.45, 2.75) is 13.3 Å². The Morgan fingerprint density at radius 2 is 2.50 bits per heavy atom. The summed E-state index contributed by atoms with van der Waals surface area (Å²) in [6.07, 6.45) is 6.39. The highest BCUT2D eigenvalue weighted by Gasteiger charge is 1.92. The molecule has 1 aromatic rings. The van der Waals surface area contributed by atoms with Crippen molar-refractivity contribution in [2.75, 3.05) is 0 Å². The van der Waals surface area contributed by atoms with Crippen molar-refractivity contribution in [1.29, 1.82) is 0 Å². The molecule has 0 unspecified atom stereocenters. The molecule has 0 aliphatic heterocycles. The van der Waals surface area contributed by atoms with Crippen LogP contribution in [0.4, 0.5) is 0 Å². The van der Waals surface area contributed by atoms with E-state index in [0.29, 0.717) is 0 Å². The van der Waals surface area contributed by atoms with Crippen LogP contribution in [0.2, 0.25) is 0 Å². The molecule has 10 heavy (non-hydrogen) atoms. The van der Waals surface area contributed by atoms with Gasteiger partial charge in [0.2, 0.25) is 0 Å². The average molecular weight is 203 g/mol. The van der Waals surface area contributed by atoms with Gasteiger partial charge in [-0.3, -0.25) is 0 Å². The van der Waals surface area contributed by atoms with Crippen LogP contribution < -0.4 is 0 Å². The number of nitrogens with zero attached hydrogens (tertiary/aromatic N) is 2. The molecule has 2 nitrogen and oxygen atoms in total. The van der Waals surface area contributed by atoms with E-state index in [-0.39, 0.29) is 17.0 Å². The second-order valence-electron chi connectivity index (χ2n) is 1.79. The summed E-state index contributed by atoms with van der Waals surface area (Å²) in [6, 6.07) is 0. The number of aromatic nitrogens is 2. The van der Waals surface area contributed by atoms with E-state index in [9.17, 15) is 0 Å². The molecule has 1 rings (SSSR count). The third kappa shape index (κ3) is 1.70. The van der Waals surface area contributed by atoms with Crippen LogP contribution in [0.1, 0.15) is 12.7 Å². The van der Waals surface area contributed by atoms with Crippen LogP contribution in [-0.2, 0) is 6.42 Å². The summed E-state index contributed by atoms with van der Waals surface area (Å²) in [6.45, 7) is 5.71. The van der Waals surface area contributed by atoms with Crippen LogP contribution >= 0.6 is 17.0 Å². The van der Waals surface area contributed by atoms with E-state index in [1.165, 1.54) is 0 Å². The summed E-state index contributed by atoms with van der Waals surface area (Å²) in [7, 11) is 0. The molecule has 3 heteroatoms. The summed E-state index contributed by atoms with van der Waals surface area (Å²) in [4.78, 5) is 4.10. The van der Waals surface area contributed by atoms with Gasteiger partial charge in [-0.15, -0.1) is 17.0 Å². The smallest absolute Gasteiger partial charge is 0.112 e. The van der Waals surface area contributed by atoms with Gasteiger partial charge in [-0.1, -0.05) is 13.5 Å². The first-order valence-electron chi connectivity index (χ1n) is 3.02. The number of aryl methyl sites for hydroxylation is 1. The van der Waals surface area contributed by atoms with E-state index in [2.05, 4.69) is 18.5 Å². The van der Waals surface area contributed by atoms with Crippen molar-refractivity contribution in [2.24, 2.45) is 0 Å². The molecule has 0 spiro atoms. The molecule has 0 radical (unpaired) electrons. The zero-order chi connectivity index (χ0) is 6.69. The molecule has 1 heterocycles. The number of hydrogen-bond donors (Lipinski definition) is 0. The van der Waals surface area contributed by atoms with E-state index in [4.69, 9.17) is 0 Å². The Bertz CT molecular complexity index is 205. The summed E-state index contributed by atoms with van der Waals surface area (Å²) >= 11 is 0. The predicted octanol–water partition coefficient (Wildman–Crippen LogP) is 2.12. The normalized spacial score (nSPS) is 8.50. The monoisotopic (exact) mass is 202 g/mol. The molecule has 0 bridgehead atoms. The van der Waals surface area contributed by atoms with Crippen molar-refractivity contribution < 1.29 is 0 Å². The van der Waals surface area contributed by atoms with Crippen molar-refractivity contribution >= 4 is 23.2 Å². The molecule has 1 aromatic heterocycles. The first-order valence-corrected chi connectivity index (χ1v) is 3.02. The van der Waals surface area contributed by atoms with Crippen LogP contribution in [0.25, 0.3) is 6.20 Å². The lowest BCUT2D eigenvalue weighted by Crippen LogP contribution is -1.91. The molecule has 0 aliphatic rings. The number of hydrogen-bond acceptors (Lipinski definition) is 1. The summed E-state index contributed by atoms with van der Waals surface area (Å²) in [5.74, 6) is 1.06. The van der Waals surface area contributed by atoms with Gasteiger partial charge in [0.05, 0.1) is 0 Å². The summed E-state index contributed by atoms with van der Waals surface area (Å²) in [5, 5.41) is 0. The van der Waals surface area contributed by atoms with Crippen LogP contribution in [0.5, 0.6) is 0 Å². The minimum atomic E-state index is 0. The van der Waals surface area contributed by atoms with Gasteiger partial charge in [-0.2, -0.15) is 0 Å². The molecule has 0 fully saturated rings. The minimum absolute atomic E-state index is 0. The summed E-state index contributed by atoms with van der Waals surface area (Å²) in [5.41, 5.74) is 0. The molecular formula is C7H11BrN2. The molecule has 0 N–H and O–H groups in total. The molecule has 0 saturated heterocycles. The minimum Gasteiger partial charge on any atom is -0.311 e. The predicted molar refractivity (Wildman–Crippen MR) is 48.3 cm³/mol. The Balaban J connectivity index is 0.000000810. The Morgan fingerprint density at radius 1 is 1.80 bits per heavy atom. The SMILES string of the molecule is Br.C=Cn1ccnc1CC. The van der Waals surface area contributed by atoms with Gasteiger partial charge < -0.3 is 4.57 Å². The topological polar surface area (TPSA) is 17.8 Å². The van der Waals surface area contributed by atoms with Crippen molar-refractivity contribution in [3.63, 3.8) is 0 Å². The fraction of sp³-hybridized carbons (Fsp3) is 0.286. The molecule has 56 valence electrons. The fourth-order valence-electron chi connectivity index (χ4n) is 0.784. The Hall–Kier alpha value is -0.570. The quantitative estimate of drug-likeness (QED) is 0.719. The van der Waals surface area contributed by atoms with Crippen LogP contribution in [0, 0.1) is 0 Å². The fourth-order valence-corrected chi connectivity index (χ4v) is 0.784. The molecule has 0 saturated carbocycles. The van der Waals surface area contributed by atoms with Gasteiger partial charge in [0.15, 0.2) is 0 Å². The third-order valence-corrected chi connectivity index (χ3v) is 1.26. The number of halogens is 1. The van der Waals surface area contributed by atoms with Crippen molar-refractivity contribution in [3.8, 4) is 0 Å². The lowest BCUT2D eigenvalue weighted by atomic mass is 10.5. The van der Waals surface area contributed by atoms with E-state index < -0.39 is 0 Å². The van der Waals surface area contributed by atoms with E-state index in [1.54, 1.807) is 12.4 Å². The molecule has 0 amide bonds. The Kier molecular flexibility index (Phi) is 4.03. The van der Waals surface area contributed by atoms with Crippen LogP contribution in [0.3, 0.4) is 0 Å². The first kappa shape index (κ1) is 9.43. The lowest BCUT2D eigenvalue weighted by molar-refractivity contribution is 0.924. The molecule has 0 atom stereocenters. The van der Waals surface area contributed by atoms with Crippen LogP contribution in [0.15, 0.2) is 19.0 Å². The lowest BCUT2D eigenvalue weighted by Gasteiger charge is -1.94. The zero-order valence-electron chi connectivity index (χ0n) is 5.95. The maximum Gasteiger partial charge on any atom is 0.112 e. The van der Waals surface area contributed by atoms with Gasteiger partial charge in [0.1, 0.15) is 5.82 Å². The number of rotatable bonds is 2. The average Bonchev–Trinajstić information content (AvgIpc) is 2.33. The Morgan fingerprint density at radius 3 is 2.90 bits per heavy atom.